The number of benzene rings is 2. The quantitative estimate of drug-likeness (QED) is 0.386. The Morgan fingerprint density at radius 1 is 0.972 bits per heavy atom. The highest BCUT2D eigenvalue weighted by molar-refractivity contribution is 5.91. The van der Waals surface area contributed by atoms with Crippen molar-refractivity contribution in [2.24, 2.45) is 0 Å². The van der Waals surface area contributed by atoms with E-state index in [1.165, 1.54) is 31.3 Å². The van der Waals surface area contributed by atoms with E-state index in [0.717, 1.165) is 0 Å². The van der Waals surface area contributed by atoms with Gasteiger partial charge in [0.25, 0.3) is 0 Å². The minimum Gasteiger partial charge on any atom is -0.493 e. The number of hydrogen-bond acceptors (Lipinski definition) is 4. The molecule has 1 aliphatic rings. The molecule has 36 heavy (non-hydrogen) atoms. The van der Waals surface area contributed by atoms with Crippen molar-refractivity contribution in [3.8, 4) is 11.5 Å². The summed E-state index contributed by atoms with van der Waals surface area (Å²) in [6.45, 7) is 3.21. The van der Waals surface area contributed by atoms with Crippen molar-refractivity contribution in [3.63, 3.8) is 0 Å². The molecular weight excluding hydrogens is 499 g/mol. The molecule has 0 bridgehead atoms. The predicted octanol–water partition coefficient (Wildman–Crippen LogP) is 7.29. The number of rotatable bonds is 5. The summed E-state index contributed by atoms with van der Waals surface area (Å²) in [6.07, 6.45) is -13.4. The number of carbonyl (C=O) groups excluding carboxylic acids is 1. The van der Waals surface area contributed by atoms with E-state index in [0.29, 0.717) is 12.1 Å². The van der Waals surface area contributed by atoms with E-state index in [9.17, 15) is 31.1 Å². The number of fused-ring (bicyclic) bond motifs is 1. The molecule has 2 aromatic carbocycles. The Bertz CT molecular complexity index is 1080. The van der Waals surface area contributed by atoms with Crippen molar-refractivity contribution in [1.29, 1.82) is 0 Å². The van der Waals surface area contributed by atoms with Crippen molar-refractivity contribution in [2.75, 3.05) is 25.7 Å². The van der Waals surface area contributed by atoms with Crippen molar-refractivity contribution >= 4 is 11.8 Å². The molecule has 0 aliphatic carbocycles. The Morgan fingerprint density at radius 3 is 1.97 bits per heavy atom. The molecule has 198 valence electrons. The maximum absolute atomic E-state index is 16.0. The van der Waals surface area contributed by atoms with Crippen LogP contribution in [-0.2, 0) is 17.1 Å². The molecule has 0 fully saturated rings. The molecule has 5 nitrogen and oxygen atoms in total. The lowest BCUT2D eigenvalue weighted by Crippen LogP contribution is -2.44. The molecular formula is C24H24F7NO4. The van der Waals surface area contributed by atoms with E-state index in [2.05, 4.69) is 0 Å². The summed E-state index contributed by atoms with van der Waals surface area (Å²) in [5, 5.41) is 0. The molecule has 1 amide bonds. The van der Waals surface area contributed by atoms with Crippen molar-refractivity contribution in [3.05, 3.63) is 52.6 Å². The number of hydrogen-bond donors (Lipinski definition) is 0. The van der Waals surface area contributed by atoms with Gasteiger partial charge in [0.1, 0.15) is 6.17 Å². The van der Waals surface area contributed by atoms with Gasteiger partial charge in [0.05, 0.1) is 37.6 Å². The summed E-state index contributed by atoms with van der Waals surface area (Å²) in [7, 11) is 2.64. The fourth-order valence-electron chi connectivity index (χ4n) is 4.35. The average Bonchev–Trinajstić information content (AvgIpc) is 2.80. The number of amides is 1. The standard InChI is InChI=1S/C24H24F7NO4/c1-5-36-22(33)32-12(2)6-17(16-10-19(34-3)20(35-4)11-18(16)32)21(25)13-7-14(23(26,27)28)9-15(8-13)24(29,30)31/h7-12,17,21H,5-6H2,1-4H3/t12-,17+,21-/m1/s1. The first-order valence-electron chi connectivity index (χ1n) is 10.9. The third kappa shape index (κ3) is 5.31. The Morgan fingerprint density at radius 2 is 1.50 bits per heavy atom. The van der Waals surface area contributed by atoms with Gasteiger partial charge in [-0.05, 0) is 55.7 Å². The third-order valence-electron chi connectivity index (χ3n) is 5.97. The van der Waals surface area contributed by atoms with Gasteiger partial charge in [0.2, 0.25) is 0 Å². The molecule has 0 saturated carbocycles. The molecule has 3 rings (SSSR count). The maximum Gasteiger partial charge on any atom is 0.416 e. The second-order valence-electron chi connectivity index (χ2n) is 8.27. The predicted molar refractivity (Wildman–Crippen MR) is 116 cm³/mol. The van der Waals surface area contributed by atoms with E-state index in [1.807, 2.05) is 0 Å². The highest BCUT2D eigenvalue weighted by atomic mass is 19.4. The molecule has 0 N–H and O–H groups in total. The van der Waals surface area contributed by atoms with Crippen LogP contribution >= 0.6 is 0 Å². The van der Waals surface area contributed by atoms with Gasteiger partial charge < -0.3 is 14.2 Å². The van der Waals surface area contributed by atoms with E-state index >= 15 is 4.39 Å². The number of methoxy groups -OCH3 is 2. The third-order valence-corrected chi connectivity index (χ3v) is 5.97. The first-order chi connectivity index (χ1) is 16.7. The van der Waals surface area contributed by atoms with Gasteiger partial charge in [0.15, 0.2) is 11.5 Å². The summed E-state index contributed by atoms with van der Waals surface area (Å²) in [6, 6.07) is 2.76. The molecule has 0 radical (unpaired) electrons. The van der Waals surface area contributed by atoms with E-state index in [-0.39, 0.29) is 41.8 Å². The van der Waals surface area contributed by atoms with Crippen LogP contribution in [0.4, 0.5) is 41.2 Å². The molecule has 0 spiro atoms. The number of nitrogens with zero attached hydrogens (tertiary/aromatic N) is 1. The zero-order valence-corrected chi connectivity index (χ0v) is 19.8. The Labute approximate surface area is 202 Å². The van der Waals surface area contributed by atoms with E-state index in [4.69, 9.17) is 14.2 Å². The van der Waals surface area contributed by atoms with Crippen LogP contribution in [0.5, 0.6) is 11.5 Å². The van der Waals surface area contributed by atoms with Gasteiger partial charge in [-0.15, -0.1) is 0 Å². The van der Waals surface area contributed by atoms with Crippen LogP contribution in [0, 0.1) is 0 Å². The zero-order valence-electron chi connectivity index (χ0n) is 19.8. The van der Waals surface area contributed by atoms with Gasteiger partial charge >= 0.3 is 18.4 Å². The minimum atomic E-state index is -5.12. The van der Waals surface area contributed by atoms with E-state index < -0.39 is 53.3 Å². The molecule has 1 heterocycles. The van der Waals surface area contributed by atoms with Crippen LogP contribution in [0.3, 0.4) is 0 Å². The van der Waals surface area contributed by atoms with Gasteiger partial charge in [-0.3, -0.25) is 4.90 Å². The highest BCUT2D eigenvalue weighted by Gasteiger charge is 2.42. The molecule has 2 aromatic rings. The number of halogens is 7. The Kier molecular flexibility index (Phi) is 7.66. The summed E-state index contributed by atoms with van der Waals surface area (Å²) < 4.78 is 112. The lowest BCUT2D eigenvalue weighted by molar-refractivity contribution is -0.143. The lowest BCUT2D eigenvalue weighted by atomic mass is 9.80. The number of anilines is 1. The van der Waals surface area contributed by atoms with Crippen molar-refractivity contribution in [2.45, 2.75) is 50.8 Å². The van der Waals surface area contributed by atoms with Crippen LogP contribution in [0.25, 0.3) is 0 Å². The fourth-order valence-corrected chi connectivity index (χ4v) is 4.35. The lowest BCUT2D eigenvalue weighted by Gasteiger charge is -2.40. The zero-order chi connectivity index (χ0) is 27.0. The molecule has 1 aliphatic heterocycles. The second-order valence-corrected chi connectivity index (χ2v) is 8.27. The van der Waals surface area contributed by atoms with Gasteiger partial charge in [-0.1, -0.05) is 0 Å². The van der Waals surface area contributed by atoms with Crippen LogP contribution in [0.15, 0.2) is 30.3 Å². The number of ether oxygens (including phenoxy) is 3. The summed E-state index contributed by atoms with van der Waals surface area (Å²) in [4.78, 5) is 13.9. The van der Waals surface area contributed by atoms with Gasteiger partial charge in [0, 0.05) is 18.0 Å². The Hall–Kier alpha value is -3.18. The van der Waals surface area contributed by atoms with Crippen LogP contribution in [-0.4, -0.2) is 33.0 Å². The topological polar surface area (TPSA) is 48.0 Å². The minimum absolute atomic E-state index is 0.0459. The van der Waals surface area contributed by atoms with E-state index in [1.54, 1.807) is 13.8 Å². The summed E-state index contributed by atoms with van der Waals surface area (Å²) in [5.41, 5.74) is -3.70. The monoisotopic (exact) mass is 523 g/mol. The highest BCUT2D eigenvalue weighted by Crippen LogP contribution is 2.51. The summed E-state index contributed by atoms with van der Waals surface area (Å²) >= 11 is 0. The normalized spacial score (nSPS) is 18.9. The molecule has 3 atom stereocenters. The number of alkyl halides is 7. The van der Waals surface area contributed by atoms with Crippen LogP contribution in [0.2, 0.25) is 0 Å². The molecule has 12 heteroatoms. The summed E-state index contributed by atoms with van der Waals surface area (Å²) in [5.74, 6) is -0.871. The fraction of sp³-hybridized carbons (Fsp3) is 0.458. The smallest absolute Gasteiger partial charge is 0.416 e. The largest absolute Gasteiger partial charge is 0.493 e. The van der Waals surface area contributed by atoms with Crippen LogP contribution < -0.4 is 14.4 Å². The van der Waals surface area contributed by atoms with Gasteiger partial charge in [-0.25, -0.2) is 9.18 Å². The van der Waals surface area contributed by atoms with Crippen molar-refractivity contribution < 1.29 is 49.7 Å². The Balaban J connectivity index is 2.20. The first kappa shape index (κ1) is 27.4. The molecule has 0 aromatic heterocycles. The average molecular weight is 523 g/mol. The first-order valence-corrected chi connectivity index (χ1v) is 10.9. The number of carbonyl (C=O) groups is 1. The second kappa shape index (κ2) is 10.1. The molecule has 0 saturated heterocycles. The molecule has 0 unspecified atom stereocenters. The van der Waals surface area contributed by atoms with Gasteiger partial charge in [-0.2, -0.15) is 26.3 Å². The van der Waals surface area contributed by atoms with Crippen LogP contribution in [0.1, 0.15) is 54.6 Å². The maximum atomic E-state index is 16.0. The van der Waals surface area contributed by atoms with Crippen molar-refractivity contribution in [1.82, 2.24) is 0 Å². The SMILES string of the molecule is CCOC(=O)N1c2cc(OC)c(OC)cc2[C@@H]([C@H](F)c2cc(C(F)(F)F)cc(C(F)(F)F)c2)C[C@H]1C.